The molecule has 0 bridgehead atoms. The van der Waals surface area contributed by atoms with Crippen LogP contribution in [-0.4, -0.2) is 0 Å². The fourth-order valence-electron chi connectivity index (χ4n) is 1.92. The van der Waals surface area contributed by atoms with Gasteiger partial charge in [0.2, 0.25) is 0 Å². The van der Waals surface area contributed by atoms with Crippen LogP contribution in [0.25, 0.3) is 20.2 Å². The summed E-state index contributed by atoms with van der Waals surface area (Å²) < 4.78 is 4.17. The van der Waals surface area contributed by atoms with Gasteiger partial charge in [-0.3, -0.25) is 0 Å². The van der Waals surface area contributed by atoms with E-state index in [4.69, 9.17) is 0 Å². The fraction of sp³-hybridized carbons (Fsp3) is 0.0769. The second-order valence-corrected chi connectivity index (χ2v) is 5.94. The molecule has 0 saturated carbocycles. The van der Waals surface area contributed by atoms with E-state index in [9.17, 15) is 0 Å². The lowest BCUT2D eigenvalue weighted by Gasteiger charge is -1.97. The molecule has 1 heterocycles. The van der Waals surface area contributed by atoms with E-state index in [0.29, 0.717) is 0 Å². The molecule has 0 atom stereocenters. The summed E-state index contributed by atoms with van der Waals surface area (Å²) >= 11 is 4.32. The summed E-state index contributed by atoms with van der Waals surface area (Å²) in [7, 11) is 0. The molecule has 0 N–H and O–H groups in total. The number of rotatable bonds is 0. The minimum atomic E-state index is 1.34. The predicted molar refractivity (Wildman–Crippen MR) is 76.8 cm³/mol. The van der Waals surface area contributed by atoms with E-state index in [1.165, 1.54) is 29.3 Å². The minimum Gasteiger partial charge on any atom is -0.134 e. The van der Waals surface area contributed by atoms with E-state index >= 15 is 0 Å². The molecule has 0 aliphatic heterocycles. The minimum absolute atomic E-state index is 1.34. The average Bonchev–Trinajstić information content (AvgIpc) is 2.57. The molecule has 74 valence electrons. The molecule has 15 heavy (non-hydrogen) atoms. The lowest BCUT2D eigenvalue weighted by molar-refractivity contribution is 1.50. The van der Waals surface area contributed by atoms with Gasteiger partial charge in [0.05, 0.1) is 0 Å². The maximum atomic E-state index is 2.43. The molecule has 3 rings (SSSR count). The van der Waals surface area contributed by atoms with E-state index in [2.05, 4.69) is 65.9 Å². The van der Waals surface area contributed by atoms with Crippen molar-refractivity contribution >= 4 is 54.1 Å². The van der Waals surface area contributed by atoms with Crippen molar-refractivity contribution in [3.8, 4) is 0 Å². The molecular weight excluding hydrogens is 315 g/mol. The monoisotopic (exact) mass is 324 g/mol. The largest absolute Gasteiger partial charge is 0.134 e. The van der Waals surface area contributed by atoms with Crippen LogP contribution >= 0.6 is 33.9 Å². The maximum absolute atomic E-state index is 2.43. The van der Waals surface area contributed by atoms with Crippen molar-refractivity contribution in [3.05, 3.63) is 45.5 Å². The molecule has 0 saturated heterocycles. The van der Waals surface area contributed by atoms with Gasteiger partial charge in [-0.2, -0.15) is 0 Å². The lowest BCUT2D eigenvalue weighted by atomic mass is 10.1. The first-order valence-electron chi connectivity index (χ1n) is 4.83. The van der Waals surface area contributed by atoms with E-state index in [1.54, 1.807) is 0 Å². The second kappa shape index (κ2) is 3.46. The van der Waals surface area contributed by atoms with Crippen molar-refractivity contribution in [2.24, 2.45) is 0 Å². The van der Waals surface area contributed by atoms with Gasteiger partial charge in [-0.15, -0.1) is 11.3 Å². The Hall–Kier alpha value is -0.610. The van der Waals surface area contributed by atoms with Gasteiger partial charge in [-0.05, 0) is 53.3 Å². The highest BCUT2D eigenvalue weighted by molar-refractivity contribution is 14.1. The number of thiophene rings is 1. The van der Waals surface area contributed by atoms with Crippen molar-refractivity contribution in [3.63, 3.8) is 0 Å². The summed E-state index contributed by atoms with van der Waals surface area (Å²) in [6.07, 6.45) is 0. The molecule has 0 aliphatic carbocycles. The quantitative estimate of drug-likeness (QED) is 0.512. The van der Waals surface area contributed by atoms with Crippen molar-refractivity contribution in [2.75, 3.05) is 0 Å². The van der Waals surface area contributed by atoms with Crippen LogP contribution in [0, 0.1) is 10.5 Å². The number of fused-ring (bicyclic) bond motifs is 3. The third-order valence-electron chi connectivity index (χ3n) is 2.58. The van der Waals surface area contributed by atoms with Gasteiger partial charge in [-0.1, -0.05) is 18.2 Å². The summed E-state index contributed by atoms with van der Waals surface area (Å²) in [6.45, 7) is 2.16. The highest BCUT2D eigenvalue weighted by Gasteiger charge is 2.07. The highest BCUT2D eigenvalue weighted by atomic mass is 127. The fourth-order valence-corrected chi connectivity index (χ4v) is 4.12. The summed E-state index contributed by atoms with van der Waals surface area (Å²) in [4.78, 5) is 0. The number of aryl methyl sites for hydroxylation is 1. The van der Waals surface area contributed by atoms with Crippen LogP contribution in [-0.2, 0) is 0 Å². The Morgan fingerprint density at radius 3 is 2.73 bits per heavy atom. The van der Waals surface area contributed by atoms with Gasteiger partial charge < -0.3 is 0 Å². The third-order valence-corrected chi connectivity index (χ3v) is 5.01. The predicted octanol–water partition coefficient (Wildman–Crippen LogP) is 4.97. The molecular formula is C13H9IS. The van der Waals surface area contributed by atoms with Crippen molar-refractivity contribution in [1.82, 2.24) is 0 Å². The number of hydrogen-bond donors (Lipinski definition) is 0. The van der Waals surface area contributed by atoms with Crippen LogP contribution in [0.15, 0.2) is 36.4 Å². The number of halogens is 1. The SMILES string of the molecule is Cc1cc(I)c2sc3ccccc3c2c1. The zero-order valence-corrected chi connectivity index (χ0v) is 11.2. The van der Waals surface area contributed by atoms with Gasteiger partial charge >= 0.3 is 0 Å². The Kier molecular flexibility index (Phi) is 2.21. The van der Waals surface area contributed by atoms with Gasteiger partial charge in [-0.25, -0.2) is 0 Å². The van der Waals surface area contributed by atoms with Crippen LogP contribution in [0.3, 0.4) is 0 Å². The van der Waals surface area contributed by atoms with Gasteiger partial charge in [0.1, 0.15) is 0 Å². The van der Waals surface area contributed by atoms with E-state index in [-0.39, 0.29) is 0 Å². The Morgan fingerprint density at radius 1 is 1.07 bits per heavy atom. The van der Waals surface area contributed by atoms with Crippen LogP contribution < -0.4 is 0 Å². The summed E-state index contributed by atoms with van der Waals surface area (Å²) in [5, 5.41) is 2.79. The molecule has 0 radical (unpaired) electrons. The van der Waals surface area contributed by atoms with Crippen LogP contribution in [0.2, 0.25) is 0 Å². The number of benzene rings is 2. The van der Waals surface area contributed by atoms with E-state index in [0.717, 1.165) is 0 Å². The third kappa shape index (κ3) is 1.47. The van der Waals surface area contributed by atoms with Crippen LogP contribution in [0.1, 0.15) is 5.56 Å². The Labute approximate surface area is 106 Å². The second-order valence-electron chi connectivity index (χ2n) is 3.72. The average molecular weight is 324 g/mol. The first-order chi connectivity index (χ1) is 7.25. The molecule has 0 nitrogen and oxygen atoms in total. The summed E-state index contributed by atoms with van der Waals surface area (Å²) in [5.41, 5.74) is 1.34. The first-order valence-corrected chi connectivity index (χ1v) is 6.72. The molecule has 0 aliphatic rings. The van der Waals surface area contributed by atoms with Crippen molar-refractivity contribution < 1.29 is 0 Å². The number of hydrogen-bond acceptors (Lipinski definition) is 1. The molecule has 2 aromatic carbocycles. The zero-order chi connectivity index (χ0) is 10.4. The van der Waals surface area contributed by atoms with Gasteiger partial charge in [0, 0.05) is 23.7 Å². The molecule has 1 aromatic heterocycles. The van der Waals surface area contributed by atoms with Crippen molar-refractivity contribution in [2.45, 2.75) is 6.92 Å². The standard InChI is InChI=1S/C13H9IS/c1-8-6-10-9-4-2-3-5-12(9)15-13(10)11(14)7-8/h2-7H,1H3. The Bertz CT molecular complexity index is 652. The Morgan fingerprint density at radius 2 is 1.87 bits per heavy atom. The first kappa shape index (κ1) is 9.60. The Balaban J connectivity index is 2.61. The molecule has 2 heteroatoms. The molecule has 0 unspecified atom stereocenters. The van der Waals surface area contributed by atoms with Crippen molar-refractivity contribution in [1.29, 1.82) is 0 Å². The van der Waals surface area contributed by atoms with E-state index < -0.39 is 0 Å². The molecule has 0 amide bonds. The smallest absolute Gasteiger partial charge is 0.0489 e. The topological polar surface area (TPSA) is 0 Å². The zero-order valence-electron chi connectivity index (χ0n) is 8.25. The molecule has 3 aromatic rings. The summed E-state index contributed by atoms with van der Waals surface area (Å²) in [5.74, 6) is 0. The van der Waals surface area contributed by atoms with Gasteiger partial charge in [0.15, 0.2) is 0 Å². The lowest BCUT2D eigenvalue weighted by Crippen LogP contribution is -1.75. The van der Waals surface area contributed by atoms with Crippen LogP contribution in [0.5, 0.6) is 0 Å². The highest BCUT2D eigenvalue weighted by Crippen LogP contribution is 2.36. The summed E-state index contributed by atoms with van der Waals surface area (Å²) in [6, 6.07) is 13.2. The van der Waals surface area contributed by atoms with E-state index in [1.807, 2.05) is 11.3 Å². The van der Waals surface area contributed by atoms with Crippen LogP contribution in [0.4, 0.5) is 0 Å². The normalized spacial score (nSPS) is 11.3. The molecule has 0 fully saturated rings. The van der Waals surface area contributed by atoms with Gasteiger partial charge in [0.25, 0.3) is 0 Å². The molecule has 0 spiro atoms. The maximum Gasteiger partial charge on any atom is 0.0489 e.